The van der Waals surface area contributed by atoms with Gasteiger partial charge in [0.2, 0.25) is 0 Å². The fourth-order valence-electron chi connectivity index (χ4n) is 5.56. The summed E-state index contributed by atoms with van der Waals surface area (Å²) in [6.45, 7) is 2.43. The number of carbonyl (C=O) groups is 7. The summed E-state index contributed by atoms with van der Waals surface area (Å²) < 4.78 is 5.00. The number of hydrogen-bond acceptors (Lipinski definition) is 9. The molecule has 2 aliphatic rings. The summed E-state index contributed by atoms with van der Waals surface area (Å²) in [5.74, 6) is -8.04. The summed E-state index contributed by atoms with van der Waals surface area (Å²) in [5.41, 5.74) is 76.6. The van der Waals surface area contributed by atoms with Crippen molar-refractivity contribution >= 4 is 40.9 Å². The van der Waals surface area contributed by atoms with Crippen LogP contribution in [0.5, 0.6) is 0 Å². The predicted molar refractivity (Wildman–Crippen MR) is 305 cm³/mol. The van der Waals surface area contributed by atoms with E-state index >= 15 is 0 Å². The molecule has 2 atom stereocenters. The van der Waals surface area contributed by atoms with E-state index in [4.69, 9.17) is 4.74 Å². The number of aliphatic hydroxyl groups excluding tert-OH is 1. The molecule has 0 aromatic heterocycles. The molecule has 10 heteroatoms. The second-order valence-corrected chi connectivity index (χ2v) is 12.6. The minimum Gasteiger partial charge on any atom is -0.477 e. The Hall–Kier alpha value is -11.6. The molecule has 2 aromatic carbocycles. The van der Waals surface area contributed by atoms with Crippen LogP contribution in [0.1, 0.15) is 116 Å². The normalized spacial score (nSPS) is 11.5. The van der Waals surface area contributed by atoms with Crippen molar-refractivity contribution in [2.75, 3.05) is 13.2 Å². The van der Waals surface area contributed by atoms with Gasteiger partial charge in [0.15, 0.2) is 34.5 Å². The van der Waals surface area contributed by atoms with E-state index in [0.29, 0.717) is 0 Å². The number of ether oxygens (including phenoxy) is 1. The SMILES string of the molecule is C=C=C=C=C=C=C=C=C=C=C=C=C=C=C=C=C=C=C=C=C=C=C=C=C=C=C=C=C=C=C=C=C=C(C(=O)O)C(=O)OCCC1C(=O)c2ccc(C(=O)c3ccc4c(c3)C(=O)C(CCO)C4=O)cc2C1=O.[HH].[HH].[HH].[HH].[HH].[HH].[HH].[HH].[HH].[HH].[HH].[HH].[HH].[HH].[HH].[HH].[HH].[HH].[HH].[HH].[HH].[HH].[HH].[HH].[HH].[HH].[HH].[HH].[HH].[HH].[HH].[HH]. The minimum absolute atomic E-state index is 0. The van der Waals surface area contributed by atoms with Crippen molar-refractivity contribution in [3.05, 3.63) is 265 Å². The van der Waals surface area contributed by atoms with Gasteiger partial charge in [0, 0.05) is 166 Å². The summed E-state index contributed by atoms with van der Waals surface area (Å²) >= 11 is 0. The molecular formula is C59H84O10. The number of carbonyl (C=O) groups excluding carboxylic acids is 6. The van der Waals surface area contributed by atoms with Gasteiger partial charge in [0.1, 0.15) is 0 Å². The van der Waals surface area contributed by atoms with E-state index in [-0.39, 0.29) is 98.5 Å². The number of ketones is 5. The summed E-state index contributed by atoms with van der Waals surface area (Å²) in [6.07, 6.45) is -0.332. The molecule has 4 rings (SSSR count). The summed E-state index contributed by atoms with van der Waals surface area (Å²) in [6, 6.07) is 7.96. The Kier molecular flexibility index (Phi) is 19.9. The van der Waals surface area contributed by atoms with Crippen molar-refractivity contribution in [2.24, 2.45) is 11.8 Å². The van der Waals surface area contributed by atoms with Gasteiger partial charge in [-0.3, -0.25) is 24.0 Å². The average molecular weight is 953 g/mol. The third-order valence-corrected chi connectivity index (χ3v) is 8.46. The zero-order valence-corrected chi connectivity index (χ0v) is 35.3. The van der Waals surface area contributed by atoms with E-state index in [0.717, 1.165) is 0 Å². The third kappa shape index (κ3) is 15.3. The van der Waals surface area contributed by atoms with Crippen LogP contribution >= 0.6 is 0 Å². The van der Waals surface area contributed by atoms with Gasteiger partial charge in [0.25, 0.3) is 0 Å². The number of carboxylic acid groups (broad SMARTS) is 1. The molecule has 69 heavy (non-hydrogen) atoms. The maximum absolute atomic E-state index is 13.4. The van der Waals surface area contributed by atoms with Crippen LogP contribution in [0.15, 0.2) is 232 Å². The van der Waals surface area contributed by atoms with Crippen LogP contribution in [-0.4, -0.2) is 64.3 Å². The van der Waals surface area contributed by atoms with Crippen LogP contribution < -0.4 is 0 Å². The molecule has 0 saturated carbocycles. The summed E-state index contributed by atoms with van der Waals surface area (Å²) in [5, 5.41) is 18.7. The standard InChI is InChI=1S/C59H20O10.32H2/c1-2-3-4-5-6-7-8-9-10-11-12-13-14-15-16-17-18-19-20-21-22-23-24-25-26-27-28-29-30-31-32-33-50(58(66)67)59(68)69-41-39-49-55(63)47-37-35-45(43-52(47)57(49)65)53(61)44-34-36-46-51(42-44)56(64)48(38-40-60)54(46)62;;;;;;;;;;;;;;;;;;;;;;;;;;;;;;;;/h34-37,42-43,48-49,60H,1,38-41H2,(H,66,67);32*1H. The van der Waals surface area contributed by atoms with Crippen LogP contribution in [0.2, 0.25) is 0 Å². The van der Waals surface area contributed by atoms with Gasteiger partial charge >= 0.3 is 11.9 Å². The van der Waals surface area contributed by atoms with E-state index in [9.17, 15) is 43.8 Å². The number of carboxylic acids is 1. The molecule has 2 aliphatic carbocycles. The molecule has 10 nitrogen and oxygen atoms in total. The first kappa shape index (κ1) is 50.0. The Morgan fingerprint density at radius 3 is 1.13 bits per heavy atom. The molecule has 380 valence electrons. The largest absolute Gasteiger partial charge is 0.477 e. The highest BCUT2D eigenvalue weighted by molar-refractivity contribution is 6.28. The van der Waals surface area contributed by atoms with Crippen LogP contribution in [-0.2, 0) is 14.3 Å². The third-order valence-electron chi connectivity index (χ3n) is 8.46. The molecule has 0 fully saturated rings. The predicted octanol–water partition coefficient (Wildman–Crippen LogP) is 14.7. The van der Waals surface area contributed by atoms with Gasteiger partial charge in [-0.05, 0) is 141 Å². The Labute approximate surface area is 438 Å². The van der Waals surface area contributed by atoms with E-state index in [2.05, 4.69) is 190 Å². The Morgan fingerprint density at radius 2 is 0.797 bits per heavy atom. The van der Waals surface area contributed by atoms with Crippen molar-refractivity contribution in [1.29, 1.82) is 0 Å². The molecule has 0 heterocycles. The Balaban J connectivity index is -0.0000000600. The van der Waals surface area contributed by atoms with Gasteiger partial charge in [-0.15, -0.1) is 0 Å². The molecule has 0 aliphatic heterocycles. The van der Waals surface area contributed by atoms with Crippen LogP contribution in [0.25, 0.3) is 0 Å². The Morgan fingerprint density at radius 1 is 0.478 bits per heavy atom. The molecule has 2 N–H and O–H groups in total. The smallest absolute Gasteiger partial charge is 0.354 e. The second-order valence-electron chi connectivity index (χ2n) is 12.6. The molecular weight excluding hydrogens is 869 g/mol. The second kappa shape index (κ2) is 27.4. The van der Waals surface area contributed by atoms with Crippen molar-refractivity contribution in [3.63, 3.8) is 0 Å². The molecule has 0 radical (unpaired) electrons. The Bertz CT molecular complexity index is 4140. The van der Waals surface area contributed by atoms with Gasteiger partial charge < -0.3 is 14.9 Å². The van der Waals surface area contributed by atoms with Gasteiger partial charge in [-0.2, -0.15) is 0 Å². The maximum atomic E-state index is 13.4. The number of rotatable bonds is 9. The van der Waals surface area contributed by atoms with Crippen LogP contribution in [0.3, 0.4) is 0 Å². The number of esters is 1. The lowest BCUT2D eigenvalue weighted by Crippen LogP contribution is -2.20. The highest BCUT2D eigenvalue weighted by Gasteiger charge is 2.40. The zero-order valence-electron chi connectivity index (χ0n) is 35.3. The first-order chi connectivity index (χ1) is 33.6. The number of aliphatic hydroxyl groups is 1. The van der Waals surface area contributed by atoms with Gasteiger partial charge in [-0.25, -0.2) is 9.59 Å². The summed E-state index contributed by atoms with van der Waals surface area (Å²) in [7, 11) is 0. The fraction of sp³-hybridized carbons (Fsp3) is 0.102. The number of fused-ring (bicyclic) bond motifs is 2. The topological polar surface area (TPSA) is 169 Å². The zero-order chi connectivity index (χ0) is 49.6. The lowest BCUT2D eigenvalue weighted by atomic mass is 9.96. The number of aliphatic carboxylic acids is 1. The van der Waals surface area contributed by atoms with E-state index in [1.165, 1.54) is 36.4 Å². The molecule has 2 aromatic rings. The molecule has 0 bridgehead atoms. The van der Waals surface area contributed by atoms with Crippen molar-refractivity contribution in [1.82, 2.24) is 0 Å². The summed E-state index contributed by atoms with van der Waals surface area (Å²) in [4.78, 5) is 89.2. The number of hydrogen-bond donors (Lipinski definition) is 2. The maximum Gasteiger partial charge on any atom is 0.354 e. The lowest BCUT2D eigenvalue weighted by molar-refractivity contribution is -0.144. The van der Waals surface area contributed by atoms with Crippen LogP contribution in [0.4, 0.5) is 0 Å². The van der Waals surface area contributed by atoms with Gasteiger partial charge in [0.05, 0.1) is 18.4 Å². The highest BCUT2D eigenvalue weighted by Crippen LogP contribution is 2.32. The average Bonchev–Trinajstić information content (AvgIpc) is 3.98. The first-order valence-electron chi connectivity index (χ1n) is 19.3. The minimum atomic E-state index is -1.71. The molecule has 0 spiro atoms. The highest BCUT2D eigenvalue weighted by atomic mass is 16.5. The lowest BCUT2D eigenvalue weighted by Gasteiger charge is -2.07. The number of Topliss-reactive ketones (excluding diaryl/α,β-unsaturated/α-hetero) is 4. The van der Waals surface area contributed by atoms with Crippen molar-refractivity contribution in [2.45, 2.75) is 12.8 Å². The quantitative estimate of drug-likeness (QED) is 0.0616. The van der Waals surface area contributed by atoms with Crippen LogP contribution in [0, 0.1) is 11.8 Å². The van der Waals surface area contributed by atoms with Crippen molar-refractivity contribution in [3.8, 4) is 0 Å². The molecule has 0 amide bonds. The van der Waals surface area contributed by atoms with E-state index in [1.54, 1.807) is 0 Å². The first-order valence-corrected chi connectivity index (χ1v) is 19.3. The van der Waals surface area contributed by atoms with Gasteiger partial charge in [-0.1, -0.05) is 17.9 Å². The molecule has 0 saturated heterocycles. The fourth-order valence-corrected chi connectivity index (χ4v) is 5.56. The molecule has 2 unspecified atom stereocenters. The van der Waals surface area contributed by atoms with E-state index in [1.807, 2.05) is 0 Å². The van der Waals surface area contributed by atoms with E-state index < -0.39 is 64.9 Å². The van der Waals surface area contributed by atoms with Crippen molar-refractivity contribution < 1.29 is 94.2 Å². The monoisotopic (exact) mass is 953 g/mol. The number of benzene rings is 2.